The zero-order valence-electron chi connectivity index (χ0n) is 11.8. The number of anilines is 2. The van der Waals surface area contributed by atoms with Gasteiger partial charge in [-0.1, -0.05) is 17.7 Å². The van der Waals surface area contributed by atoms with Crippen molar-refractivity contribution >= 4 is 34.8 Å². The maximum absolute atomic E-state index is 13.6. The van der Waals surface area contributed by atoms with Gasteiger partial charge >= 0.3 is 0 Å². The highest BCUT2D eigenvalue weighted by Crippen LogP contribution is 2.17. The van der Waals surface area contributed by atoms with Crippen LogP contribution in [0.25, 0.3) is 0 Å². The van der Waals surface area contributed by atoms with E-state index in [-0.39, 0.29) is 28.8 Å². The highest BCUT2D eigenvalue weighted by molar-refractivity contribution is 6.30. The van der Waals surface area contributed by atoms with Crippen LogP contribution in [0, 0.1) is 5.82 Å². The van der Waals surface area contributed by atoms with E-state index in [0.717, 1.165) is 0 Å². The van der Waals surface area contributed by atoms with Crippen molar-refractivity contribution in [3.63, 3.8) is 0 Å². The quantitative estimate of drug-likeness (QED) is 0.904. The SMILES string of the molecule is CC(=O)Nc1ccc(NC(=O)Cc2ccc(Cl)cc2F)cc1. The molecule has 0 fully saturated rings. The highest BCUT2D eigenvalue weighted by Gasteiger charge is 2.09. The normalized spacial score (nSPS) is 10.1. The summed E-state index contributed by atoms with van der Waals surface area (Å²) in [5.41, 5.74) is 1.47. The molecule has 2 N–H and O–H groups in total. The first-order valence-electron chi connectivity index (χ1n) is 6.55. The number of hydrogen-bond acceptors (Lipinski definition) is 2. The van der Waals surface area contributed by atoms with Gasteiger partial charge in [0, 0.05) is 23.3 Å². The molecular formula is C16H14ClFN2O2. The number of halogens is 2. The fourth-order valence-corrected chi connectivity index (χ4v) is 2.04. The van der Waals surface area contributed by atoms with Gasteiger partial charge in [0.2, 0.25) is 11.8 Å². The van der Waals surface area contributed by atoms with E-state index < -0.39 is 5.82 Å². The predicted octanol–water partition coefficient (Wildman–Crippen LogP) is 3.62. The van der Waals surface area contributed by atoms with Crippen molar-refractivity contribution in [2.45, 2.75) is 13.3 Å². The first-order valence-corrected chi connectivity index (χ1v) is 6.93. The minimum atomic E-state index is -0.511. The molecular weight excluding hydrogens is 307 g/mol. The van der Waals surface area contributed by atoms with E-state index in [4.69, 9.17) is 11.6 Å². The molecule has 2 aromatic rings. The molecule has 0 unspecified atom stereocenters. The predicted molar refractivity (Wildman–Crippen MR) is 84.5 cm³/mol. The van der Waals surface area contributed by atoms with Gasteiger partial charge in [-0.15, -0.1) is 0 Å². The average Bonchev–Trinajstić information content (AvgIpc) is 2.43. The molecule has 0 saturated carbocycles. The Morgan fingerprint density at radius 3 is 2.18 bits per heavy atom. The topological polar surface area (TPSA) is 58.2 Å². The number of hydrogen-bond donors (Lipinski definition) is 2. The number of benzene rings is 2. The van der Waals surface area contributed by atoms with Gasteiger partial charge in [-0.25, -0.2) is 4.39 Å². The van der Waals surface area contributed by atoms with Crippen molar-refractivity contribution in [3.8, 4) is 0 Å². The lowest BCUT2D eigenvalue weighted by atomic mass is 10.1. The summed E-state index contributed by atoms with van der Waals surface area (Å²) in [7, 11) is 0. The van der Waals surface area contributed by atoms with E-state index in [2.05, 4.69) is 10.6 Å². The second-order valence-electron chi connectivity index (χ2n) is 4.72. The lowest BCUT2D eigenvalue weighted by molar-refractivity contribution is -0.116. The maximum Gasteiger partial charge on any atom is 0.228 e. The Morgan fingerprint density at radius 2 is 1.64 bits per heavy atom. The van der Waals surface area contributed by atoms with E-state index in [1.54, 1.807) is 24.3 Å². The third kappa shape index (κ3) is 4.56. The molecule has 4 nitrogen and oxygen atoms in total. The first-order chi connectivity index (χ1) is 10.4. The minimum Gasteiger partial charge on any atom is -0.326 e. The molecule has 0 aliphatic rings. The second kappa shape index (κ2) is 7.04. The van der Waals surface area contributed by atoms with Crippen molar-refractivity contribution in [2.24, 2.45) is 0 Å². The Bertz CT molecular complexity index is 702. The Balaban J connectivity index is 1.98. The highest BCUT2D eigenvalue weighted by atomic mass is 35.5. The van der Waals surface area contributed by atoms with Crippen molar-refractivity contribution in [2.75, 3.05) is 10.6 Å². The van der Waals surface area contributed by atoms with Crippen molar-refractivity contribution in [3.05, 3.63) is 58.9 Å². The van der Waals surface area contributed by atoms with Crippen LogP contribution in [-0.4, -0.2) is 11.8 Å². The zero-order valence-corrected chi connectivity index (χ0v) is 12.6. The molecule has 0 aliphatic carbocycles. The van der Waals surface area contributed by atoms with Crippen molar-refractivity contribution < 1.29 is 14.0 Å². The molecule has 2 aromatic carbocycles. The van der Waals surface area contributed by atoms with E-state index >= 15 is 0 Å². The van der Waals surface area contributed by atoms with E-state index in [9.17, 15) is 14.0 Å². The molecule has 0 heterocycles. The lowest BCUT2D eigenvalue weighted by Crippen LogP contribution is -2.15. The van der Waals surface area contributed by atoms with Gasteiger partial charge in [-0.2, -0.15) is 0 Å². The van der Waals surface area contributed by atoms with Crippen LogP contribution in [0.1, 0.15) is 12.5 Å². The summed E-state index contributed by atoms with van der Waals surface area (Å²) in [5.74, 6) is -1.02. The third-order valence-electron chi connectivity index (χ3n) is 2.86. The summed E-state index contributed by atoms with van der Waals surface area (Å²) in [6.07, 6.45) is -0.0869. The zero-order chi connectivity index (χ0) is 16.1. The Hall–Kier alpha value is -2.40. The second-order valence-corrected chi connectivity index (χ2v) is 5.16. The van der Waals surface area contributed by atoms with Crippen LogP contribution in [-0.2, 0) is 16.0 Å². The summed E-state index contributed by atoms with van der Waals surface area (Å²) in [6, 6.07) is 10.8. The van der Waals surface area contributed by atoms with Gasteiger partial charge in [0.25, 0.3) is 0 Å². The molecule has 114 valence electrons. The molecule has 0 spiro atoms. The number of carbonyl (C=O) groups is 2. The van der Waals surface area contributed by atoms with Gasteiger partial charge < -0.3 is 10.6 Å². The fourth-order valence-electron chi connectivity index (χ4n) is 1.88. The van der Waals surface area contributed by atoms with Gasteiger partial charge in [0.1, 0.15) is 5.82 Å². The summed E-state index contributed by atoms with van der Waals surface area (Å²) < 4.78 is 13.6. The molecule has 2 amide bonds. The number of carbonyl (C=O) groups excluding carboxylic acids is 2. The van der Waals surface area contributed by atoms with Crippen LogP contribution in [0.5, 0.6) is 0 Å². The minimum absolute atomic E-state index is 0.0869. The molecule has 0 aliphatic heterocycles. The standard InChI is InChI=1S/C16H14ClFN2O2/c1-10(21)19-13-4-6-14(7-5-13)20-16(22)8-11-2-3-12(17)9-15(11)18/h2-7,9H,8H2,1H3,(H,19,21)(H,20,22). The van der Waals surface area contributed by atoms with E-state index in [0.29, 0.717) is 11.4 Å². The summed E-state index contributed by atoms with van der Waals surface area (Å²) in [4.78, 5) is 22.8. The first kappa shape index (κ1) is 16.0. The van der Waals surface area contributed by atoms with E-state index in [1.807, 2.05) is 0 Å². The van der Waals surface area contributed by atoms with Crippen LogP contribution in [0.3, 0.4) is 0 Å². The third-order valence-corrected chi connectivity index (χ3v) is 3.09. The Kier molecular flexibility index (Phi) is 5.12. The molecule has 0 aromatic heterocycles. The van der Waals surface area contributed by atoms with Gasteiger partial charge in [0.15, 0.2) is 0 Å². The summed E-state index contributed by atoms with van der Waals surface area (Å²) in [5, 5.41) is 5.57. The molecule has 2 rings (SSSR count). The monoisotopic (exact) mass is 320 g/mol. The molecule has 0 radical (unpaired) electrons. The fraction of sp³-hybridized carbons (Fsp3) is 0.125. The van der Waals surface area contributed by atoms with Crippen LogP contribution >= 0.6 is 11.6 Å². The lowest BCUT2D eigenvalue weighted by Gasteiger charge is -2.08. The molecule has 0 bridgehead atoms. The number of nitrogens with one attached hydrogen (secondary N) is 2. The molecule has 0 atom stereocenters. The smallest absolute Gasteiger partial charge is 0.228 e. The van der Waals surface area contributed by atoms with Crippen LogP contribution in [0.4, 0.5) is 15.8 Å². The molecule has 6 heteroatoms. The van der Waals surface area contributed by atoms with Crippen LogP contribution in [0.15, 0.2) is 42.5 Å². The molecule has 22 heavy (non-hydrogen) atoms. The van der Waals surface area contributed by atoms with Gasteiger partial charge in [-0.3, -0.25) is 9.59 Å². The number of rotatable bonds is 4. The van der Waals surface area contributed by atoms with Crippen molar-refractivity contribution in [1.82, 2.24) is 0 Å². The Labute approximate surface area is 132 Å². The van der Waals surface area contributed by atoms with E-state index in [1.165, 1.54) is 25.1 Å². The average molecular weight is 321 g/mol. The Morgan fingerprint density at radius 1 is 1.05 bits per heavy atom. The largest absolute Gasteiger partial charge is 0.326 e. The van der Waals surface area contributed by atoms with Crippen LogP contribution in [0.2, 0.25) is 5.02 Å². The summed E-state index contributed by atoms with van der Waals surface area (Å²) >= 11 is 5.66. The summed E-state index contributed by atoms with van der Waals surface area (Å²) in [6.45, 7) is 1.41. The molecule has 0 saturated heterocycles. The van der Waals surface area contributed by atoms with Crippen LogP contribution < -0.4 is 10.6 Å². The number of amides is 2. The maximum atomic E-state index is 13.6. The van der Waals surface area contributed by atoms with Gasteiger partial charge in [0.05, 0.1) is 6.42 Å². The van der Waals surface area contributed by atoms with Crippen molar-refractivity contribution in [1.29, 1.82) is 0 Å². The van der Waals surface area contributed by atoms with Gasteiger partial charge in [-0.05, 0) is 42.0 Å².